The minimum absolute atomic E-state index is 0.135. The molecule has 0 fully saturated rings. The predicted octanol–water partition coefficient (Wildman–Crippen LogP) is 4.62. The van der Waals surface area contributed by atoms with Gasteiger partial charge in [-0.15, -0.1) is 0 Å². The summed E-state index contributed by atoms with van der Waals surface area (Å²) in [5.74, 6) is -0.516. The van der Waals surface area contributed by atoms with Gasteiger partial charge in [-0.3, -0.25) is 4.98 Å². The van der Waals surface area contributed by atoms with Crippen LogP contribution >= 0.6 is 11.6 Å². The minimum atomic E-state index is -4.50. The number of esters is 1. The van der Waals surface area contributed by atoms with Crippen LogP contribution in [0.5, 0.6) is 0 Å². The highest BCUT2D eigenvalue weighted by Crippen LogP contribution is 2.31. The summed E-state index contributed by atoms with van der Waals surface area (Å²) >= 11 is 5.81. The first-order chi connectivity index (χ1) is 11.3. The van der Waals surface area contributed by atoms with E-state index in [1.165, 1.54) is 19.4 Å². The van der Waals surface area contributed by atoms with Crippen LogP contribution in [-0.2, 0) is 10.9 Å². The Morgan fingerprint density at radius 3 is 2.67 bits per heavy atom. The predicted molar refractivity (Wildman–Crippen MR) is 84.7 cm³/mol. The number of para-hydroxylation sites is 1. The molecule has 0 unspecified atom stereocenters. The van der Waals surface area contributed by atoms with E-state index in [-0.39, 0.29) is 10.7 Å². The number of methoxy groups -OCH3 is 1. The van der Waals surface area contributed by atoms with E-state index in [2.05, 4.69) is 15.0 Å². The van der Waals surface area contributed by atoms with Gasteiger partial charge in [-0.2, -0.15) is 13.2 Å². The number of carbonyl (C=O) groups is 1. The molecule has 0 amide bonds. The molecule has 2 rings (SSSR count). The van der Waals surface area contributed by atoms with Crippen molar-refractivity contribution in [1.82, 2.24) is 4.98 Å². The molecule has 126 valence electrons. The molecule has 1 heterocycles. The summed E-state index contributed by atoms with van der Waals surface area (Å²) in [6.45, 7) is 0. The SMILES string of the molecule is COC(=O)c1ccccc1N/C=C/c1ncc(C(F)(F)F)cc1Cl. The molecular weight excluding hydrogens is 345 g/mol. The van der Waals surface area contributed by atoms with Crippen LogP contribution in [-0.4, -0.2) is 18.1 Å². The summed E-state index contributed by atoms with van der Waals surface area (Å²) in [7, 11) is 1.26. The van der Waals surface area contributed by atoms with Crippen molar-refractivity contribution >= 4 is 29.3 Å². The fourth-order valence-corrected chi connectivity index (χ4v) is 2.06. The fraction of sp³-hybridized carbons (Fsp3) is 0.125. The standard InChI is InChI=1S/C16H12ClF3N2O2/c1-24-15(23)11-4-2-3-5-13(11)21-7-6-14-12(17)8-10(9-22-14)16(18,19)20/h2-9,21H,1H3/b7-6+. The van der Waals surface area contributed by atoms with Crippen LogP contribution in [0, 0.1) is 0 Å². The molecule has 1 aromatic carbocycles. The number of benzene rings is 1. The molecule has 0 atom stereocenters. The molecule has 0 spiro atoms. The average molecular weight is 357 g/mol. The number of hydrogen-bond acceptors (Lipinski definition) is 4. The Morgan fingerprint density at radius 2 is 2.04 bits per heavy atom. The quantitative estimate of drug-likeness (QED) is 0.812. The third-order valence-corrected chi connectivity index (χ3v) is 3.31. The normalized spacial score (nSPS) is 11.5. The number of anilines is 1. The maximum Gasteiger partial charge on any atom is 0.417 e. The zero-order valence-corrected chi connectivity index (χ0v) is 13.2. The topological polar surface area (TPSA) is 51.2 Å². The molecule has 8 heteroatoms. The lowest BCUT2D eigenvalue weighted by Crippen LogP contribution is -2.06. The fourth-order valence-electron chi connectivity index (χ4n) is 1.83. The van der Waals surface area contributed by atoms with Crippen molar-refractivity contribution in [2.75, 3.05) is 12.4 Å². The Kier molecular flexibility index (Phi) is 5.46. The minimum Gasteiger partial charge on any atom is -0.465 e. The molecule has 24 heavy (non-hydrogen) atoms. The number of alkyl halides is 3. The first-order valence-corrected chi connectivity index (χ1v) is 7.04. The van der Waals surface area contributed by atoms with Crippen molar-refractivity contribution < 1.29 is 22.7 Å². The van der Waals surface area contributed by atoms with Crippen LogP contribution in [0.25, 0.3) is 6.08 Å². The summed E-state index contributed by atoms with van der Waals surface area (Å²) in [4.78, 5) is 15.3. The lowest BCUT2D eigenvalue weighted by molar-refractivity contribution is -0.137. The number of pyridine rings is 1. The second kappa shape index (κ2) is 7.35. The zero-order chi connectivity index (χ0) is 17.7. The monoisotopic (exact) mass is 356 g/mol. The first-order valence-electron chi connectivity index (χ1n) is 6.66. The summed E-state index contributed by atoms with van der Waals surface area (Å²) in [5.41, 5.74) is 0.0288. The number of halogens is 4. The zero-order valence-electron chi connectivity index (χ0n) is 12.4. The van der Waals surface area contributed by atoms with E-state index >= 15 is 0 Å². The van der Waals surface area contributed by atoms with Gasteiger partial charge in [0.25, 0.3) is 0 Å². The molecule has 0 radical (unpaired) electrons. The molecule has 1 aromatic heterocycles. The van der Waals surface area contributed by atoms with Crippen molar-refractivity contribution in [3.8, 4) is 0 Å². The van der Waals surface area contributed by atoms with Crippen LogP contribution in [0.15, 0.2) is 42.7 Å². The smallest absolute Gasteiger partial charge is 0.417 e. The molecule has 0 saturated heterocycles. The van der Waals surface area contributed by atoms with Crippen LogP contribution < -0.4 is 5.32 Å². The summed E-state index contributed by atoms with van der Waals surface area (Å²) in [6.07, 6.45) is -0.982. The van der Waals surface area contributed by atoms with Crippen molar-refractivity contribution in [2.45, 2.75) is 6.18 Å². The van der Waals surface area contributed by atoms with Gasteiger partial charge in [0.05, 0.1) is 34.6 Å². The number of carbonyl (C=O) groups excluding carboxylic acids is 1. The Morgan fingerprint density at radius 1 is 1.33 bits per heavy atom. The Balaban J connectivity index is 2.17. The van der Waals surface area contributed by atoms with Gasteiger partial charge in [0.1, 0.15) is 0 Å². The van der Waals surface area contributed by atoms with Crippen molar-refractivity contribution in [3.05, 3.63) is 64.6 Å². The molecule has 0 bridgehead atoms. The summed E-state index contributed by atoms with van der Waals surface area (Å²) < 4.78 is 42.3. The van der Waals surface area contributed by atoms with Crippen LogP contribution in [0.2, 0.25) is 5.02 Å². The van der Waals surface area contributed by atoms with Crippen molar-refractivity contribution in [2.24, 2.45) is 0 Å². The average Bonchev–Trinajstić information content (AvgIpc) is 2.55. The van der Waals surface area contributed by atoms with Crippen LogP contribution in [0.1, 0.15) is 21.6 Å². The largest absolute Gasteiger partial charge is 0.465 e. The van der Waals surface area contributed by atoms with Gasteiger partial charge in [-0.05, 0) is 24.3 Å². The Bertz CT molecular complexity index is 776. The third kappa shape index (κ3) is 4.26. The van der Waals surface area contributed by atoms with E-state index in [9.17, 15) is 18.0 Å². The Labute approximate surface area is 140 Å². The second-order valence-corrected chi connectivity index (χ2v) is 5.01. The molecule has 4 nitrogen and oxygen atoms in total. The molecule has 0 aliphatic rings. The highest BCUT2D eigenvalue weighted by molar-refractivity contribution is 6.31. The molecule has 2 aromatic rings. The summed E-state index contributed by atoms with van der Waals surface area (Å²) in [6, 6.07) is 7.42. The first kappa shape index (κ1) is 17.8. The highest BCUT2D eigenvalue weighted by atomic mass is 35.5. The summed E-state index contributed by atoms with van der Waals surface area (Å²) in [5, 5.41) is 2.71. The molecular formula is C16H12ClF3N2O2. The third-order valence-electron chi connectivity index (χ3n) is 3.01. The van der Waals surface area contributed by atoms with Crippen LogP contribution in [0.4, 0.5) is 18.9 Å². The second-order valence-electron chi connectivity index (χ2n) is 4.60. The van der Waals surface area contributed by atoms with E-state index in [0.29, 0.717) is 17.4 Å². The number of hydrogen-bond donors (Lipinski definition) is 1. The van der Waals surface area contributed by atoms with E-state index in [1.807, 2.05) is 0 Å². The molecule has 0 saturated carbocycles. The van der Waals surface area contributed by atoms with Gasteiger partial charge >= 0.3 is 12.1 Å². The maximum absolute atomic E-state index is 12.6. The maximum atomic E-state index is 12.6. The van der Waals surface area contributed by atoms with E-state index in [4.69, 9.17) is 11.6 Å². The van der Waals surface area contributed by atoms with E-state index in [1.54, 1.807) is 24.3 Å². The highest BCUT2D eigenvalue weighted by Gasteiger charge is 2.31. The van der Waals surface area contributed by atoms with Crippen LogP contribution in [0.3, 0.4) is 0 Å². The van der Waals surface area contributed by atoms with Gasteiger partial charge in [0, 0.05) is 12.4 Å². The number of rotatable bonds is 4. The van der Waals surface area contributed by atoms with E-state index < -0.39 is 17.7 Å². The Hall–Kier alpha value is -2.54. The van der Waals surface area contributed by atoms with Crippen molar-refractivity contribution in [1.29, 1.82) is 0 Å². The van der Waals surface area contributed by atoms with Crippen molar-refractivity contribution in [3.63, 3.8) is 0 Å². The number of nitrogens with zero attached hydrogens (tertiary/aromatic N) is 1. The van der Waals surface area contributed by atoms with Gasteiger partial charge in [0.15, 0.2) is 0 Å². The lowest BCUT2D eigenvalue weighted by atomic mass is 10.2. The van der Waals surface area contributed by atoms with Gasteiger partial charge in [-0.25, -0.2) is 4.79 Å². The molecule has 1 N–H and O–H groups in total. The van der Waals surface area contributed by atoms with E-state index in [0.717, 1.165) is 6.07 Å². The number of aromatic nitrogens is 1. The van der Waals surface area contributed by atoms with Gasteiger partial charge in [-0.1, -0.05) is 23.7 Å². The number of nitrogens with one attached hydrogen (secondary N) is 1. The molecule has 0 aliphatic heterocycles. The number of ether oxygens (including phenoxy) is 1. The lowest BCUT2D eigenvalue weighted by Gasteiger charge is -2.08. The van der Waals surface area contributed by atoms with Gasteiger partial charge < -0.3 is 10.1 Å². The van der Waals surface area contributed by atoms with Gasteiger partial charge in [0.2, 0.25) is 0 Å². The molecule has 0 aliphatic carbocycles.